The molecule has 0 bridgehead atoms. The molecule has 0 aliphatic rings. The molecule has 0 atom stereocenters. The van der Waals surface area contributed by atoms with Gasteiger partial charge >= 0.3 is 0 Å². The Labute approximate surface area is 115 Å². The standard InChI is InChI=1S/C14H16F2N2S/c1-2-5-17-8-12-9-18-14(19-12)6-10-3-4-11(15)7-13(10)16/h3-4,7,9,17H,2,5-6,8H2,1H3. The van der Waals surface area contributed by atoms with Gasteiger partial charge in [-0.15, -0.1) is 11.3 Å². The number of rotatable bonds is 6. The van der Waals surface area contributed by atoms with Crippen molar-refractivity contribution in [3.63, 3.8) is 0 Å². The Morgan fingerprint density at radius 3 is 2.89 bits per heavy atom. The Morgan fingerprint density at radius 1 is 1.32 bits per heavy atom. The molecule has 0 aliphatic heterocycles. The van der Waals surface area contributed by atoms with Crippen LogP contribution in [-0.4, -0.2) is 11.5 Å². The lowest BCUT2D eigenvalue weighted by Gasteiger charge is -2.00. The average molecular weight is 282 g/mol. The van der Waals surface area contributed by atoms with E-state index >= 15 is 0 Å². The van der Waals surface area contributed by atoms with E-state index < -0.39 is 11.6 Å². The molecule has 5 heteroatoms. The Balaban J connectivity index is 1.99. The van der Waals surface area contributed by atoms with Gasteiger partial charge in [0.05, 0.1) is 5.01 Å². The summed E-state index contributed by atoms with van der Waals surface area (Å²) in [6.07, 6.45) is 3.31. The second-order valence-electron chi connectivity index (χ2n) is 4.31. The van der Waals surface area contributed by atoms with E-state index in [4.69, 9.17) is 0 Å². The van der Waals surface area contributed by atoms with Crippen LogP contribution in [0.15, 0.2) is 24.4 Å². The van der Waals surface area contributed by atoms with E-state index in [1.165, 1.54) is 12.1 Å². The first-order valence-electron chi connectivity index (χ1n) is 6.27. The highest BCUT2D eigenvalue weighted by Gasteiger charge is 2.08. The minimum Gasteiger partial charge on any atom is -0.312 e. The quantitative estimate of drug-likeness (QED) is 0.820. The van der Waals surface area contributed by atoms with E-state index in [2.05, 4.69) is 17.2 Å². The predicted octanol–water partition coefficient (Wildman–Crippen LogP) is 3.51. The van der Waals surface area contributed by atoms with Gasteiger partial charge in [0.15, 0.2) is 0 Å². The van der Waals surface area contributed by atoms with Crippen LogP contribution in [0, 0.1) is 11.6 Å². The summed E-state index contributed by atoms with van der Waals surface area (Å²) < 4.78 is 26.3. The van der Waals surface area contributed by atoms with Crippen LogP contribution in [0.25, 0.3) is 0 Å². The van der Waals surface area contributed by atoms with Crippen LogP contribution in [-0.2, 0) is 13.0 Å². The molecule has 0 aliphatic carbocycles. The number of benzene rings is 1. The van der Waals surface area contributed by atoms with Gasteiger partial charge in [0.25, 0.3) is 0 Å². The lowest BCUT2D eigenvalue weighted by Crippen LogP contribution is -2.12. The minimum absolute atomic E-state index is 0.407. The molecule has 2 rings (SSSR count). The first kappa shape index (κ1) is 14.1. The van der Waals surface area contributed by atoms with Gasteiger partial charge in [-0.2, -0.15) is 0 Å². The van der Waals surface area contributed by atoms with E-state index in [1.807, 2.05) is 6.20 Å². The van der Waals surface area contributed by atoms with Crippen molar-refractivity contribution in [1.82, 2.24) is 10.3 Å². The maximum atomic E-state index is 13.5. The third-order valence-corrected chi connectivity index (χ3v) is 3.68. The second kappa shape index (κ2) is 6.73. The largest absolute Gasteiger partial charge is 0.312 e. The molecule has 2 nitrogen and oxygen atoms in total. The maximum absolute atomic E-state index is 13.5. The molecule has 1 aromatic heterocycles. The van der Waals surface area contributed by atoms with Gasteiger partial charge in [-0.05, 0) is 24.6 Å². The summed E-state index contributed by atoms with van der Waals surface area (Å²) in [6, 6.07) is 3.66. The lowest BCUT2D eigenvalue weighted by molar-refractivity contribution is 0.574. The molecule has 0 fully saturated rings. The van der Waals surface area contributed by atoms with Crippen LogP contribution >= 0.6 is 11.3 Å². The van der Waals surface area contributed by atoms with Gasteiger partial charge in [-0.25, -0.2) is 13.8 Å². The van der Waals surface area contributed by atoms with Crippen LogP contribution < -0.4 is 5.32 Å². The molecule has 0 spiro atoms. The molecular weight excluding hydrogens is 266 g/mol. The van der Waals surface area contributed by atoms with E-state index in [-0.39, 0.29) is 0 Å². The summed E-state index contributed by atoms with van der Waals surface area (Å²) in [5.74, 6) is -1.06. The van der Waals surface area contributed by atoms with Crippen molar-refractivity contribution in [3.8, 4) is 0 Å². The topological polar surface area (TPSA) is 24.9 Å². The molecule has 0 amide bonds. The molecule has 102 valence electrons. The number of nitrogens with one attached hydrogen (secondary N) is 1. The second-order valence-corrected chi connectivity index (χ2v) is 5.51. The number of halogens is 2. The molecule has 0 radical (unpaired) electrons. The average Bonchev–Trinajstić information content (AvgIpc) is 2.81. The third-order valence-electron chi connectivity index (χ3n) is 2.68. The molecule has 1 aromatic carbocycles. The molecule has 2 aromatic rings. The van der Waals surface area contributed by atoms with Crippen LogP contribution in [0.4, 0.5) is 8.78 Å². The van der Waals surface area contributed by atoms with Crippen molar-refractivity contribution in [2.75, 3.05) is 6.54 Å². The summed E-state index contributed by atoms with van der Waals surface area (Å²) in [6.45, 7) is 3.87. The number of aromatic nitrogens is 1. The highest BCUT2D eigenvalue weighted by Crippen LogP contribution is 2.19. The van der Waals surface area contributed by atoms with Crippen molar-refractivity contribution in [2.45, 2.75) is 26.3 Å². The number of hydrogen-bond donors (Lipinski definition) is 1. The number of thiazole rings is 1. The van der Waals surface area contributed by atoms with Crippen molar-refractivity contribution < 1.29 is 8.78 Å². The molecule has 19 heavy (non-hydrogen) atoms. The van der Waals surface area contributed by atoms with Gasteiger partial charge in [-0.3, -0.25) is 0 Å². The van der Waals surface area contributed by atoms with Gasteiger partial charge in [0.2, 0.25) is 0 Å². The normalized spacial score (nSPS) is 10.9. The fraction of sp³-hybridized carbons (Fsp3) is 0.357. The molecular formula is C14H16F2N2S. The van der Waals surface area contributed by atoms with E-state index in [0.717, 1.165) is 35.5 Å². The molecule has 1 heterocycles. The number of nitrogens with zero attached hydrogens (tertiary/aromatic N) is 1. The van der Waals surface area contributed by atoms with E-state index in [9.17, 15) is 8.78 Å². The van der Waals surface area contributed by atoms with Gasteiger partial charge in [0, 0.05) is 30.1 Å². The van der Waals surface area contributed by atoms with Crippen LogP contribution in [0.2, 0.25) is 0 Å². The zero-order valence-electron chi connectivity index (χ0n) is 10.7. The molecule has 0 unspecified atom stereocenters. The van der Waals surface area contributed by atoms with Crippen molar-refractivity contribution in [2.24, 2.45) is 0 Å². The van der Waals surface area contributed by atoms with Crippen LogP contribution in [0.1, 0.15) is 28.8 Å². The third kappa shape index (κ3) is 4.08. The number of hydrogen-bond acceptors (Lipinski definition) is 3. The smallest absolute Gasteiger partial charge is 0.129 e. The first-order valence-corrected chi connectivity index (χ1v) is 7.09. The highest BCUT2D eigenvalue weighted by atomic mass is 32.1. The molecule has 0 saturated carbocycles. The Morgan fingerprint density at radius 2 is 2.16 bits per heavy atom. The van der Waals surface area contributed by atoms with Gasteiger partial charge < -0.3 is 5.32 Å². The Bertz CT molecular complexity index is 540. The zero-order valence-corrected chi connectivity index (χ0v) is 11.6. The molecule has 1 N–H and O–H groups in total. The summed E-state index contributed by atoms with van der Waals surface area (Å²) in [5.41, 5.74) is 0.476. The van der Waals surface area contributed by atoms with Gasteiger partial charge in [0.1, 0.15) is 11.6 Å². The van der Waals surface area contributed by atoms with Crippen LogP contribution in [0.3, 0.4) is 0 Å². The summed E-state index contributed by atoms with van der Waals surface area (Å²) in [4.78, 5) is 5.40. The lowest BCUT2D eigenvalue weighted by atomic mass is 10.1. The fourth-order valence-corrected chi connectivity index (χ4v) is 2.64. The van der Waals surface area contributed by atoms with Crippen molar-refractivity contribution in [3.05, 3.63) is 51.5 Å². The first-order chi connectivity index (χ1) is 9.19. The summed E-state index contributed by atoms with van der Waals surface area (Å²) >= 11 is 1.56. The Kier molecular flexibility index (Phi) is 4.99. The van der Waals surface area contributed by atoms with Crippen molar-refractivity contribution in [1.29, 1.82) is 0 Å². The van der Waals surface area contributed by atoms with Gasteiger partial charge in [-0.1, -0.05) is 13.0 Å². The van der Waals surface area contributed by atoms with E-state index in [1.54, 1.807) is 11.3 Å². The maximum Gasteiger partial charge on any atom is 0.129 e. The van der Waals surface area contributed by atoms with Crippen molar-refractivity contribution >= 4 is 11.3 Å². The predicted molar refractivity (Wildman–Crippen MR) is 73.3 cm³/mol. The monoisotopic (exact) mass is 282 g/mol. The zero-order chi connectivity index (χ0) is 13.7. The SMILES string of the molecule is CCCNCc1cnc(Cc2ccc(F)cc2F)s1. The fourth-order valence-electron chi connectivity index (χ4n) is 1.73. The van der Waals surface area contributed by atoms with Crippen LogP contribution in [0.5, 0.6) is 0 Å². The highest BCUT2D eigenvalue weighted by molar-refractivity contribution is 7.11. The summed E-state index contributed by atoms with van der Waals surface area (Å²) in [7, 11) is 0. The summed E-state index contributed by atoms with van der Waals surface area (Å²) in [5, 5.41) is 4.14. The molecule has 0 saturated heterocycles. The minimum atomic E-state index is -0.551. The Hall–Kier alpha value is -1.33. The van der Waals surface area contributed by atoms with E-state index in [0.29, 0.717) is 12.0 Å².